The molecule has 6 heteroatoms. The van der Waals surface area contributed by atoms with Crippen LogP contribution in [-0.2, 0) is 10.2 Å². The molecule has 1 fully saturated rings. The van der Waals surface area contributed by atoms with Crippen molar-refractivity contribution in [3.63, 3.8) is 0 Å². The number of halogens is 2. The Balaban J connectivity index is 2.63. The minimum atomic E-state index is -2.69. The zero-order valence-corrected chi connectivity index (χ0v) is 10.6. The largest absolute Gasteiger partial charge is 0.493 e. The van der Waals surface area contributed by atoms with Gasteiger partial charge in [-0.05, 0) is 25.0 Å². The summed E-state index contributed by atoms with van der Waals surface area (Å²) in [5.74, 6) is -0.686. The van der Waals surface area contributed by atoms with Gasteiger partial charge in [0.1, 0.15) is 0 Å². The number of benzene rings is 1. The predicted molar refractivity (Wildman–Crippen MR) is 63.1 cm³/mol. The minimum absolute atomic E-state index is 0.128. The number of carboxylic acids is 1. The third kappa shape index (κ3) is 2.11. The Bertz CT molecular complexity index is 510. The molecule has 0 bridgehead atoms. The normalized spacial score (nSPS) is 16.3. The fourth-order valence-electron chi connectivity index (χ4n) is 2.19. The molecule has 0 aromatic heterocycles. The van der Waals surface area contributed by atoms with Gasteiger partial charge in [-0.2, -0.15) is 0 Å². The van der Waals surface area contributed by atoms with Crippen molar-refractivity contribution >= 4 is 5.97 Å². The van der Waals surface area contributed by atoms with Crippen LogP contribution in [0.1, 0.15) is 30.4 Å². The van der Waals surface area contributed by atoms with Crippen LogP contribution in [0.4, 0.5) is 8.78 Å². The number of rotatable bonds is 5. The van der Waals surface area contributed by atoms with Gasteiger partial charge in [-0.1, -0.05) is 0 Å². The number of ether oxygens (including phenoxy) is 2. The molecule has 1 aliphatic rings. The molecule has 1 aliphatic carbocycles. The summed E-state index contributed by atoms with van der Waals surface area (Å²) in [7, 11) is 2.69. The van der Waals surface area contributed by atoms with Gasteiger partial charge < -0.3 is 14.6 Å². The van der Waals surface area contributed by atoms with Crippen molar-refractivity contribution in [2.45, 2.75) is 24.7 Å². The van der Waals surface area contributed by atoms with Gasteiger partial charge in [-0.15, -0.1) is 0 Å². The summed E-state index contributed by atoms with van der Waals surface area (Å²) in [4.78, 5) is 11.3. The standard InChI is InChI=1S/C13H14F2O4/c1-18-9-6-7(11(14)15)5-8(10(9)19-2)13(3-4-13)12(16)17/h5-6,11H,3-4H2,1-2H3,(H,16,17). The van der Waals surface area contributed by atoms with E-state index in [0.29, 0.717) is 12.8 Å². The Morgan fingerprint density at radius 1 is 1.32 bits per heavy atom. The highest BCUT2D eigenvalue weighted by molar-refractivity contribution is 5.86. The fraction of sp³-hybridized carbons (Fsp3) is 0.462. The van der Waals surface area contributed by atoms with Crippen LogP contribution >= 0.6 is 0 Å². The van der Waals surface area contributed by atoms with E-state index < -0.39 is 17.8 Å². The van der Waals surface area contributed by atoms with Gasteiger partial charge in [0.15, 0.2) is 11.5 Å². The van der Waals surface area contributed by atoms with Crippen LogP contribution in [-0.4, -0.2) is 25.3 Å². The highest BCUT2D eigenvalue weighted by atomic mass is 19.3. The Morgan fingerprint density at radius 3 is 2.32 bits per heavy atom. The predicted octanol–water partition coefficient (Wildman–Crippen LogP) is 2.76. The van der Waals surface area contributed by atoms with Crippen molar-refractivity contribution in [2.24, 2.45) is 0 Å². The van der Waals surface area contributed by atoms with E-state index in [2.05, 4.69) is 0 Å². The summed E-state index contributed by atoms with van der Waals surface area (Å²) < 4.78 is 35.9. The molecule has 0 heterocycles. The smallest absolute Gasteiger partial charge is 0.314 e. The van der Waals surface area contributed by atoms with Crippen molar-refractivity contribution in [3.05, 3.63) is 23.3 Å². The SMILES string of the molecule is COc1cc(C(F)F)cc(C2(C(=O)O)CC2)c1OC. The molecule has 1 N–H and O–H groups in total. The Hall–Kier alpha value is -1.85. The Kier molecular flexibility index (Phi) is 3.34. The maximum atomic E-state index is 12.9. The number of methoxy groups -OCH3 is 2. The zero-order valence-electron chi connectivity index (χ0n) is 10.6. The molecule has 0 saturated heterocycles. The molecule has 0 amide bonds. The summed E-state index contributed by atoms with van der Waals surface area (Å²) in [6.45, 7) is 0. The van der Waals surface area contributed by atoms with Crippen molar-refractivity contribution in [2.75, 3.05) is 14.2 Å². The van der Waals surface area contributed by atoms with E-state index in [1.165, 1.54) is 26.4 Å². The topological polar surface area (TPSA) is 55.8 Å². The number of carbonyl (C=O) groups is 1. The number of hydrogen-bond acceptors (Lipinski definition) is 3. The lowest BCUT2D eigenvalue weighted by atomic mass is 9.93. The molecule has 1 aromatic rings. The molecule has 0 unspecified atom stereocenters. The molecule has 0 radical (unpaired) electrons. The monoisotopic (exact) mass is 272 g/mol. The van der Waals surface area contributed by atoms with Crippen LogP contribution in [0.25, 0.3) is 0 Å². The minimum Gasteiger partial charge on any atom is -0.493 e. The molecular formula is C13H14F2O4. The summed E-state index contributed by atoms with van der Waals surface area (Å²) >= 11 is 0. The second kappa shape index (κ2) is 4.68. The lowest BCUT2D eigenvalue weighted by molar-refractivity contribution is -0.140. The van der Waals surface area contributed by atoms with Crippen molar-refractivity contribution in [1.82, 2.24) is 0 Å². The number of carboxylic acid groups (broad SMARTS) is 1. The van der Waals surface area contributed by atoms with Crippen LogP contribution in [0.2, 0.25) is 0 Å². The lowest BCUT2D eigenvalue weighted by Crippen LogP contribution is -2.21. The van der Waals surface area contributed by atoms with Crippen molar-refractivity contribution in [1.29, 1.82) is 0 Å². The molecule has 19 heavy (non-hydrogen) atoms. The van der Waals surface area contributed by atoms with Gasteiger partial charge >= 0.3 is 5.97 Å². The highest BCUT2D eigenvalue weighted by Crippen LogP contribution is 2.54. The maximum absolute atomic E-state index is 12.9. The molecule has 1 saturated carbocycles. The van der Waals surface area contributed by atoms with E-state index in [1.807, 2.05) is 0 Å². The third-order valence-electron chi connectivity index (χ3n) is 3.43. The van der Waals surface area contributed by atoms with Crippen molar-refractivity contribution < 1.29 is 28.2 Å². The zero-order chi connectivity index (χ0) is 14.2. The van der Waals surface area contributed by atoms with Crippen molar-refractivity contribution in [3.8, 4) is 11.5 Å². The molecule has 1 aromatic carbocycles. The van der Waals surface area contributed by atoms with Gasteiger partial charge in [-0.3, -0.25) is 4.79 Å². The molecule has 104 valence electrons. The molecule has 0 aliphatic heterocycles. The Labute approximate surface area is 108 Å². The first-order valence-corrected chi connectivity index (χ1v) is 5.74. The van der Waals surface area contributed by atoms with Crippen LogP contribution in [0.5, 0.6) is 11.5 Å². The second-order valence-corrected chi connectivity index (χ2v) is 4.49. The summed E-state index contributed by atoms with van der Waals surface area (Å²) in [5, 5.41) is 9.29. The van der Waals surface area contributed by atoms with Gasteiger partial charge in [-0.25, -0.2) is 8.78 Å². The van der Waals surface area contributed by atoms with E-state index in [0.717, 1.165) is 0 Å². The molecular weight excluding hydrogens is 258 g/mol. The molecule has 0 atom stereocenters. The number of hydrogen-bond donors (Lipinski definition) is 1. The highest BCUT2D eigenvalue weighted by Gasteiger charge is 2.54. The van der Waals surface area contributed by atoms with Gasteiger partial charge in [0.2, 0.25) is 0 Å². The van der Waals surface area contributed by atoms with E-state index in [9.17, 15) is 18.7 Å². The van der Waals surface area contributed by atoms with E-state index in [-0.39, 0.29) is 22.6 Å². The first-order valence-electron chi connectivity index (χ1n) is 5.74. The fourth-order valence-corrected chi connectivity index (χ4v) is 2.19. The summed E-state index contributed by atoms with van der Waals surface area (Å²) in [6, 6.07) is 2.37. The molecule has 0 spiro atoms. The van der Waals surface area contributed by atoms with Gasteiger partial charge in [0, 0.05) is 11.1 Å². The average Bonchev–Trinajstić information content (AvgIpc) is 3.18. The average molecular weight is 272 g/mol. The van der Waals surface area contributed by atoms with Gasteiger partial charge in [0.25, 0.3) is 6.43 Å². The maximum Gasteiger partial charge on any atom is 0.314 e. The van der Waals surface area contributed by atoms with E-state index in [4.69, 9.17) is 9.47 Å². The van der Waals surface area contributed by atoms with E-state index >= 15 is 0 Å². The van der Waals surface area contributed by atoms with E-state index in [1.54, 1.807) is 0 Å². The number of alkyl halides is 2. The first kappa shape index (κ1) is 13.6. The molecule has 2 rings (SSSR count). The summed E-state index contributed by atoms with van der Waals surface area (Å²) in [5.41, 5.74) is -1.12. The van der Waals surface area contributed by atoms with Crippen LogP contribution < -0.4 is 9.47 Å². The Morgan fingerprint density at radius 2 is 1.95 bits per heavy atom. The number of aliphatic carboxylic acids is 1. The third-order valence-corrected chi connectivity index (χ3v) is 3.43. The van der Waals surface area contributed by atoms with Crippen LogP contribution in [0.15, 0.2) is 12.1 Å². The van der Waals surface area contributed by atoms with Crippen LogP contribution in [0.3, 0.4) is 0 Å². The second-order valence-electron chi connectivity index (χ2n) is 4.49. The van der Waals surface area contributed by atoms with Crippen LogP contribution in [0, 0.1) is 0 Å². The first-order chi connectivity index (χ1) is 8.96. The quantitative estimate of drug-likeness (QED) is 0.895. The van der Waals surface area contributed by atoms with Gasteiger partial charge in [0.05, 0.1) is 19.6 Å². The lowest BCUT2D eigenvalue weighted by Gasteiger charge is -2.19. The summed E-state index contributed by atoms with van der Waals surface area (Å²) in [6.07, 6.45) is -1.87. The molecule has 4 nitrogen and oxygen atoms in total.